The van der Waals surface area contributed by atoms with Crippen LogP contribution in [0.3, 0.4) is 0 Å². The summed E-state index contributed by atoms with van der Waals surface area (Å²) >= 11 is 0. The second-order valence-corrected chi connectivity index (χ2v) is 8.39. The third-order valence-corrected chi connectivity index (χ3v) is 5.46. The van der Waals surface area contributed by atoms with Gasteiger partial charge in [-0.1, -0.05) is 0 Å². The highest BCUT2D eigenvalue weighted by Gasteiger charge is 2.53. The SMILES string of the molecule is CCOC1(OCC)CC[C@]2(CO)CN(C(=O)OC(C)(C)C)CC[C@H]2C1. The zero-order valence-corrected chi connectivity index (χ0v) is 16.5. The third-order valence-electron chi connectivity index (χ3n) is 5.46. The summed E-state index contributed by atoms with van der Waals surface area (Å²) in [7, 11) is 0. The largest absolute Gasteiger partial charge is 0.444 e. The fourth-order valence-corrected chi connectivity index (χ4v) is 4.30. The van der Waals surface area contributed by atoms with E-state index in [1.165, 1.54) is 0 Å². The number of hydrogen-bond donors (Lipinski definition) is 1. The fraction of sp³-hybridized carbons (Fsp3) is 0.947. The summed E-state index contributed by atoms with van der Waals surface area (Å²) in [4.78, 5) is 14.2. The Kier molecular flexibility index (Phi) is 6.39. The smallest absolute Gasteiger partial charge is 0.410 e. The Morgan fingerprint density at radius 2 is 1.84 bits per heavy atom. The zero-order valence-electron chi connectivity index (χ0n) is 16.5. The molecule has 2 rings (SSSR count). The van der Waals surface area contributed by atoms with Crippen molar-refractivity contribution in [2.45, 2.75) is 71.7 Å². The Morgan fingerprint density at radius 3 is 2.36 bits per heavy atom. The van der Waals surface area contributed by atoms with Gasteiger partial charge in [0.1, 0.15) is 5.60 Å². The third kappa shape index (κ3) is 4.66. The van der Waals surface area contributed by atoms with Crippen LogP contribution in [0.2, 0.25) is 0 Å². The van der Waals surface area contributed by atoms with Crippen LogP contribution in [0.5, 0.6) is 0 Å². The van der Waals surface area contributed by atoms with E-state index >= 15 is 0 Å². The second kappa shape index (κ2) is 7.80. The molecule has 2 atom stereocenters. The molecule has 25 heavy (non-hydrogen) atoms. The van der Waals surface area contributed by atoms with Gasteiger partial charge in [0.15, 0.2) is 5.79 Å². The van der Waals surface area contributed by atoms with Gasteiger partial charge in [-0.25, -0.2) is 4.79 Å². The molecule has 0 aromatic carbocycles. The number of nitrogens with zero attached hydrogens (tertiary/aromatic N) is 1. The number of rotatable bonds is 5. The lowest BCUT2D eigenvalue weighted by atomic mass is 9.61. The number of aliphatic hydroxyl groups excluding tert-OH is 1. The van der Waals surface area contributed by atoms with Gasteiger partial charge in [-0.2, -0.15) is 0 Å². The predicted molar refractivity (Wildman–Crippen MR) is 95.3 cm³/mol. The zero-order chi connectivity index (χ0) is 18.7. The molecule has 1 aliphatic heterocycles. The van der Waals surface area contributed by atoms with Crippen LogP contribution in [-0.2, 0) is 14.2 Å². The van der Waals surface area contributed by atoms with Crippen molar-refractivity contribution in [3.8, 4) is 0 Å². The van der Waals surface area contributed by atoms with Gasteiger partial charge in [0, 0.05) is 44.6 Å². The minimum absolute atomic E-state index is 0.0747. The topological polar surface area (TPSA) is 68.2 Å². The van der Waals surface area contributed by atoms with Crippen LogP contribution in [0, 0.1) is 11.3 Å². The van der Waals surface area contributed by atoms with Gasteiger partial charge in [-0.3, -0.25) is 0 Å². The molecule has 0 aromatic rings. The maximum atomic E-state index is 12.5. The monoisotopic (exact) mass is 357 g/mol. The molecule has 6 heteroatoms. The highest BCUT2D eigenvalue weighted by Crippen LogP contribution is 2.51. The van der Waals surface area contributed by atoms with E-state index in [0.717, 1.165) is 25.7 Å². The van der Waals surface area contributed by atoms with E-state index < -0.39 is 11.4 Å². The van der Waals surface area contributed by atoms with Gasteiger partial charge < -0.3 is 24.2 Å². The molecule has 1 heterocycles. The van der Waals surface area contributed by atoms with Gasteiger partial charge in [0.2, 0.25) is 0 Å². The number of carbonyl (C=O) groups excluding carboxylic acids is 1. The number of amides is 1. The summed E-state index contributed by atoms with van der Waals surface area (Å²) in [6.07, 6.45) is 2.85. The Morgan fingerprint density at radius 1 is 1.20 bits per heavy atom. The van der Waals surface area contributed by atoms with Crippen molar-refractivity contribution in [1.82, 2.24) is 4.90 Å². The van der Waals surface area contributed by atoms with E-state index in [0.29, 0.717) is 26.3 Å². The lowest BCUT2D eigenvalue weighted by Gasteiger charge is -2.54. The Bertz CT molecular complexity index is 455. The number of piperidine rings is 1. The first kappa shape index (κ1) is 20.5. The molecule has 2 fully saturated rings. The molecular formula is C19H35NO5. The van der Waals surface area contributed by atoms with Crippen LogP contribution < -0.4 is 0 Å². The maximum absolute atomic E-state index is 12.5. The van der Waals surface area contributed by atoms with Crippen LogP contribution in [0.15, 0.2) is 0 Å². The van der Waals surface area contributed by atoms with Gasteiger partial charge in [-0.05, 0) is 53.4 Å². The molecule has 0 bridgehead atoms. The molecule has 1 aliphatic carbocycles. The van der Waals surface area contributed by atoms with Crippen molar-refractivity contribution in [3.63, 3.8) is 0 Å². The number of carbonyl (C=O) groups is 1. The quantitative estimate of drug-likeness (QED) is 0.766. The lowest BCUT2D eigenvalue weighted by Crippen LogP contribution is -2.59. The van der Waals surface area contributed by atoms with Gasteiger partial charge >= 0.3 is 6.09 Å². The summed E-state index contributed by atoms with van der Waals surface area (Å²) in [5.74, 6) is -0.260. The van der Waals surface area contributed by atoms with Crippen LogP contribution >= 0.6 is 0 Å². The number of fused-ring (bicyclic) bond motifs is 1. The highest BCUT2D eigenvalue weighted by atomic mass is 16.7. The van der Waals surface area contributed by atoms with Gasteiger partial charge in [0.05, 0.1) is 6.61 Å². The van der Waals surface area contributed by atoms with E-state index in [1.54, 1.807) is 4.90 Å². The van der Waals surface area contributed by atoms with Crippen LogP contribution in [-0.4, -0.2) is 60.4 Å². The van der Waals surface area contributed by atoms with E-state index in [4.69, 9.17) is 14.2 Å². The highest BCUT2D eigenvalue weighted by molar-refractivity contribution is 5.68. The van der Waals surface area contributed by atoms with E-state index in [2.05, 4.69) is 0 Å². The van der Waals surface area contributed by atoms with Crippen molar-refractivity contribution in [3.05, 3.63) is 0 Å². The molecule has 1 amide bonds. The minimum atomic E-state index is -0.541. The van der Waals surface area contributed by atoms with Crippen molar-refractivity contribution in [2.75, 3.05) is 32.9 Å². The minimum Gasteiger partial charge on any atom is -0.444 e. The van der Waals surface area contributed by atoms with E-state index in [-0.39, 0.29) is 24.0 Å². The molecule has 1 N–H and O–H groups in total. The van der Waals surface area contributed by atoms with E-state index in [9.17, 15) is 9.90 Å². The predicted octanol–water partition coefficient (Wildman–Crippen LogP) is 3.18. The normalized spacial score (nSPS) is 29.2. The Labute approximate surface area is 151 Å². The van der Waals surface area contributed by atoms with Crippen molar-refractivity contribution >= 4 is 6.09 Å². The average Bonchev–Trinajstić information content (AvgIpc) is 2.53. The molecule has 0 unspecified atom stereocenters. The van der Waals surface area contributed by atoms with Crippen molar-refractivity contribution in [1.29, 1.82) is 0 Å². The Balaban J connectivity index is 2.11. The molecule has 6 nitrogen and oxygen atoms in total. The summed E-state index contributed by atoms with van der Waals surface area (Å²) < 4.78 is 17.5. The molecule has 1 saturated carbocycles. The lowest BCUT2D eigenvalue weighted by molar-refractivity contribution is -0.275. The molecule has 0 spiro atoms. The van der Waals surface area contributed by atoms with Crippen LogP contribution in [0.25, 0.3) is 0 Å². The summed E-state index contributed by atoms with van der Waals surface area (Å²) in [5.41, 5.74) is -0.793. The van der Waals surface area contributed by atoms with E-state index in [1.807, 2.05) is 34.6 Å². The number of likely N-dealkylation sites (tertiary alicyclic amines) is 1. The summed E-state index contributed by atoms with van der Waals surface area (Å²) in [5, 5.41) is 10.2. The first-order chi connectivity index (χ1) is 11.7. The fourth-order valence-electron chi connectivity index (χ4n) is 4.30. The molecule has 0 radical (unpaired) electrons. The van der Waals surface area contributed by atoms with Crippen LogP contribution in [0.1, 0.15) is 60.3 Å². The van der Waals surface area contributed by atoms with Gasteiger partial charge in [0.25, 0.3) is 0 Å². The first-order valence-corrected chi connectivity index (χ1v) is 9.56. The summed E-state index contributed by atoms with van der Waals surface area (Å²) in [6.45, 7) is 12.1. The average molecular weight is 357 g/mol. The molecular weight excluding hydrogens is 322 g/mol. The number of ether oxygens (including phenoxy) is 3. The maximum Gasteiger partial charge on any atom is 0.410 e. The molecule has 146 valence electrons. The number of aliphatic hydroxyl groups is 1. The van der Waals surface area contributed by atoms with Crippen molar-refractivity contribution < 1.29 is 24.1 Å². The molecule has 1 saturated heterocycles. The first-order valence-electron chi connectivity index (χ1n) is 9.56. The summed E-state index contributed by atoms with van der Waals surface area (Å²) in [6, 6.07) is 0. The Hall–Kier alpha value is -0.850. The van der Waals surface area contributed by atoms with Crippen LogP contribution in [0.4, 0.5) is 4.79 Å². The van der Waals surface area contributed by atoms with Gasteiger partial charge in [-0.15, -0.1) is 0 Å². The second-order valence-electron chi connectivity index (χ2n) is 8.39. The molecule has 0 aromatic heterocycles. The standard InChI is InChI=1S/C19H35NO5/c1-6-23-19(24-7-2)10-9-18(14-21)13-20(11-8-15(18)12-19)16(22)25-17(3,4)5/h15,21H,6-14H2,1-5H3/t15-,18+/m0/s1. The van der Waals surface area contributed by atoms with Crippen molar-refractivity contribution in [2.24, 2.45) is 11.3 Å². The molecule has 2 aliphatic rings. The number of hydrogen-bond acceptors (Lipinski definition) is 5.